The first-order chi connectivity index (χ1) is 13.1. The Morgan fingerprint density at radius 3 is 2.78 bits per heavy atom. The number of hydrogen-bond acceptors (Lipinski definition) is 1. The second-order valence-electron chi connectivity index (χ2n) is 6.88. The topological polar surface area (TPSA) is 37.3 Å². The van der Waals surface area contributed by atoms with Crippen molar-refractivity contribution in [2.45, 2.75) is 32.9 Å². The number of fused-ring (bicyclic) bond motifs is 3. The minimum Gasteiger partial charge on any atom is -0.318 e. The average Bonchev–Trinajstić information content (AvgIpc) is 3.09. The van der Waals surface area contributed by atoms with Crippen LogP contribution in [0.1, 0.15) is 36.2 Å². The predicted molar refractivity (Wildman–Crippen MR) is 112 cm³/mol. The Balaban J connectivity index is 1.71. The minimum absolute atomic E-state index is 0.0175. The summed E-state index contributed by atoms with van der Waals surface area (Å²) in [5, 5.41) is 3.08. The van der Waals surface area contributed by atoms with Crippen molar-refractivity contribution in [2.24, 2.45) is 0 Å². The van der Waals surface area contributed by atoms with Gasteiger partial charge >= 0.3 is 6.03 Å². The summed E-state index contributed by atoms with van der Waals surface area (Å²) in [5.74, 6) is 0. The molecule has 0 radical (unpaired) electrons. The maximum atomic E-state index is 13.2. The number of rotatable bonds is 2. The quantitative estimate of drug-likeness (QED) is 0.535. The smallest absolute Gasteiger partial charge is 0.318 e. The molecule has 1 aliphatic rings. The number of nitrogens with one attached hydrogen (secondary N) is 1. The molecule has 2 aromatic carbocycles. The molecule has 3 aromatic rings. The van der Waals surface area contributed by atoms with Gasteiger partial charge in [-0.1, -0.05) is 41.1 Å². The molecule has 4 rings (SSSR count). The molecule has 1 aromatic heterocycles. The summed E-state index contributed by atoms with van der Waals surface area (Å²) in [6, 6.07) is 18.3. The molecule has 0 unspecified atom stereocenters. The Hall–Kier alpha value is -2.53. The Morgan fingerprint density at radius 1 is 1.19 bits per heavy atom. The van der Waals surface area contributed by atoms with Crippen LogP contribution < -0.4 is 5.32 Å². The van der Waals surface area contributed by atoms with E-state index in [-0.39, 0.29) is 12.1 Å². The fourth-order valence-electron chi connectivity index (χ4n) is 3.78. The van der Waals surface area contributed by atoms with Crippen molar-refractivity contribution in [3.8, 4) is 5.69 Å². The SMILES string of the molecule is CC[C@@H]1c2cccn2-c2ccccc2CN1C(=O)Nc1ccc(Br)c(C)c1. The lowest BCUT2D eigenvalue weighted by Crippen LogP contribution is -2.37. The molecular weight excluding hydrogens is 402 g/mol. The van der Waals surface area contributed by atoms with E-state index >= 15 is 0 Å². The van der Waals surface area contributed by atoms with Crippen LogP contribution in [0.25, 0.3) is 5.69 Å². The molecule has 0 saturated carbocycles. The van der Waals surface area contributed by atoms with Crippen LogP contribution in [0.2, 0.25) is 0 Å². The lowest BCUT2D eigenvalue weighted by atomic mass is 10.1. The van der Waals surface area contributed by atoms with Crippen LogP contribution in [0, 0.1) is 6.92 Å². The summed E-state index contributed by atoms with van der Waals surface area (Å²) in [6.45, 7) is 4.73. The largest absolute Gasteiger partial charge is 0.322 e. The maximum absolute atomic E-state index is 13.2. The van der Waals surface area contributed by atoms with E-state index in [0.717, 1.165) is 39.1 Å². The third kappa shape index (κ3) is 3.28. The Kier molecular flexibility index (Phi) is 4.79. The molecule has 0 saturated heterocycles. The molecule has 27 heavy (non-hydrogen) atoms. The summed E-state index contributed by atoms with van der Waals surface area (Å²) in [5.41, 5.74) is 5.33. The second kappa shape index (κ2) is 7.24. The maximum Gasteiger partial charge on any atom is 0.322 e. The molecule has 5 heteroatoms. The van der Waals surface area contributed by atoms with Crippen LogP contribution in [0.4, 0.5) is 10.5 Å². The van der Waals surface area contributed by atoms with Gasteiger partial charge in [0, 0.05) is 22.1 Å². The second-order valence-corrected chi connectivity index (χ2v) is 7.73. The number of urea groups is 1. The van der Waals surface area contributed by atoms with Crippen LogP contribution in [-0.4, -0.2) is 15.5 Å². The number of carbonyl (C=O) groups is 1. The van der Waals surface area contributed by atoms with Gasteiger partial charge in [0.15, 0.2) is 0 Å². The number of amides is 2. The molecule has 0 bridgehead atoms. The highest BCUT2D eigenvalue weighted by molar-refractivity contribution is 9.10. The van der Waals surface area contributed by atoms with Gasteiger partial charge in [0.1, 0.15) is 0 Å². The van der Waals surface area contributed by atoms with E-state index in [1.807, 2.05) is 48.2 Å². The fourth-order valence-corrected chi connectivity index (χ4v) is 4.03. The summed E-state index contributed by atoms with van der Waals surface area (Å²) in [4.78, 5) is 15.2. The van der Waals surface area contributed by atoms with Crippen molar-refractivity contribution in [1.29, 1.82) is 0 Å². The number of halogens is 1. The zero-order chi connectivity index (χ0) is 19.0. The van der Waals surface area contributed by atoms with Gasteiger partial charge in [-0.25, -0.2) is 4.79 Å². The first-order valence-electron chi connectivity index (χ1n) is 9.17. The molecule has 1 N–H and O–H groups in total. The van der Waals surface area contributed by atoms with Crippen LogP contribution >= 0.6 is 15.9 Å². The summed E-state index contributed by atoms with van der Waals surface area (Å²) < 4.78 is 3.24. The van der Waals surface area contributed by atoms with Crippen molar-refractivity contribution in [3.05, 3.63) is 82.1 Å². The lowest BCUT2D eigenvalue weighted by molar-refractivity contribution is 0.181. The third-order valence-corrected chi connectivity index (χ3v) is 6.04. The number of aryl methyl sites for hydroxylation is 1. The van der Waals surface area contributed by atoms with E-state index < -0.39 is 0 Å². The summed E-state index contributed by atoms with van der Waals surface area (Å²) in [7, 11) is 0. The van der Waals surface area contributed by atoms with Crippen molar-refractivity contribution in [2.75, 3.05) is 5.32 Å². The number of nitrogens with zero attached hydrogens (tertiary/aromatic N) is 2. The van der Waals surface area contributed by atoms with Gasteiger partial charge < -0.3 is 14.8 Å². The highest BCUT2D eigenvalue weighted by Gasteiger charge is 2.30. The van der Waals surface area contributed by atoms with E-state index in [2.05, 4.69) is 57.1 Å². The van der Waals surface area contributed by atoms with Gasteiger partial charge in [-0.2, -0.15) is 0 Å². The average molecular weight is 424 g/mol. The number of hydrogen-bond donors (Lipinski definition) is 1. The van der Waals surface area contributed by atoms with Gasteiger partial charge in [0.2, 0.25) is 0 Å². The highest BCUT2D eigenvalue weighted by Crippen LogP contribution is 2.34. The van der Waals surface area contributed by atoms with Gasteiger partial charge in [-0.15, -0.1) is 0 Å². The molecule has 138 valence electrons. The van der Waals surface area contributed by atoms with Crippen LogP contribution in [0.3, 0.4) is 0 Å². The Labute approximate surface area is 167 Å². The van der Waals surface area contributed by atoms with E-state index in [0.29, 0.717) is 6.54 Å². The van der Waals surface area contributed by atoms with Crippen molar-refractivity contribution >= 4 is 27.6 Å². The normalized spacial score (nSPS) is 15.7. The molecule has 1 aliphatic heterocycles. The first kappa shape index (κ1) is 17.9. The van der Waals surface area contributed by atoms with Gasteiger partial charge in [0.25, 0.3) is 0 Å². The number of benzene rings is 2. The summed E-state index contributed by atoms with van der Waals surface area (Å²) >= 11 is 3.51. The highest BCUT2D eigenvalue weighted by atomic mass is 79.9. The molecule has 4 nitrogen and oxygen atoms in total. The van der Waals surface area contributed by atoms with Gasteiger partial charge in [-0.3, -0.25) is 0 Å². The van der Waals surface area contributed by atoms with E-state index in [1.54, 1.807) is 0 Å². The fraction of sp³-hybridized carbons (Fsp3) is 0.227. The van der Waals surface area contributed by atoms with Crippen molar-refractivity contribution in [3.63, 3.8) is 0 Å². The monoisotopic (exact) mass is 423 g/mol. The van der Waals surface area contributed by atoms with Crippen molar-refractivity contribution < 1.29 is 4.79 Å². The predicted octanol–water partition coefficient (Wildman–Crippen LogP) is 6.05. The standard InChI is InChI=1S/C22H22BrN3O/c1-3-19-21-9-6-12-25(21)20-8-5-4-7-16(20)14-26(19)22(27)24-17-10-11-18(23)15(2)13-17/h4-13,19H,3,14H2,1-2H3,(H,24,27)/t19-/m1/s1. The molecule has 0 spiro atoms. The van der Waals surface area contributed by atoms with Crippen LogP contribution in [-0.2, 0) is 6.54 Å². The third-order valence-electron chi connectivity index (χ3n) is 5.15. The van der Waals surface area contributed by atoms with E-state index in [9.17, 15) is 4.79 Å². The molecule has 0 fully saturated rings. The molecule has 2 heterocycles. The Bertz CT molecular complexity index is 995. The van der Waals surface area contributed by atoms with E-state index in [1.165, 1.54) is 0 Å². The number of para-hydroxylation sites is 1. The van der Waals surface area contributed by atoms with Gasteiger partial charge in [-0.05, 0) is 60.9 Å². The van der Waals surface area contributed by atoms with Crippen LogP contribution in [0.15, 0.2) is 65.3 Å². The zero-order valence-electron chi connectivity index (χ0n) is 15.4. The minimum atomic E-state index is -0.0759. The first-order valence-corrected chi connectivity index (χ1v) is 9.97. The summed E-state index contributed by atoms with van der Waals surface area (Å²) in [6.07, 6.45) is 2.93. The number of carbonyl (C=O) groups excluding carboxylic acids is 1. The molecule has 1 atom stereocenters. The van der Waals surface area contributed by atoms with Gasteiger partial charge in [0.05, 0.1) is 18.3 Å². The number of anilines is 1. The number of aromatic nitrogens is 1. The molecular formula is C22H22BrN3O. The zero-order valence-corrected chi connectivity index (χ0v) is 17.0. The Morgan fingerprint density at radius 2 is 2.00 bits per heavy atom. The lowest BCUT2D eigenvalue weighted by Gasteiger charge is -2.29. The van der Waals surface area contributed by atoms with Crippen molar-refractivity contribution in [1.82, 2.24) is 9.47 Å². The van der Waals surface area contributed by atoms with Crippen LogP contribution in [0.5, 0.6) is 0 Å². The van der Waals surface area contributed by atoms with E-state index in [4.69, 9.17) is 0 Å². The molecule has 0 aliphatic carbocycles. The molecule has 2 amide bonds.